The van der Waals surface area contributed by atoms with E-state index in [1.165, 1.54) is 17.4 Å². The average molecular weight is 291 g/mol. The van der Waals surface area contributed by atoms with E-state index in [1.807, 2.05) is 12.2 Å². The number of aryl methyl sites for hydroxylation is 1. The molecule has 0 bridgehead atoms. The molecule has 0 saturated carbocycles. The molecule has 0 radical (unpaired) electrons. The van der Waals surface area contributed by atoms with Gasteiger partial charge in [-0.1, -0.05) is 12.2 Å². The summed E-state index contributed by atoms with van der Waals surface area (Å²) in [7, 11) is 0. The van der Waals surface area contributed by atoms with E-state index < -0.39 is 5.97 Å². The summed E-state index contributed by atoms with van der Waals surface area (Å²) in [5, 5.41) is 9.46. The lowest BCUT2D eigenvalue weighted by atomic mass is 9.85. The van der Waals surface area contributed by atoms with Crippen LogP contribution in [-0.2, 0) is 9.59 Å². The van der Waals surface area contributed by atoms with Crippen molar-refractivity contribution in [3.05, 3.63) is 28.7 Å². The highest BCUT2D eigenvalue weighted by Gasteiger charge is 2.49. The second kappa shape index (κ2) is 4.56. The van der Waals surface area contributed by atoms with Crippen molar-refractivity contribution in [3.8, 4) is 0 Å². The first kappa shape index (κ1) is 13.1. The van der Waals surface area contributed by atoms with Crippen molar-refractivity contribution in [2.75, 3.05) is 4.90 Å². The maximum atomic E-state index is 12.4. The van der Waals surface area contributed by atoms with Gasteiger partial charge >= 0.3 is 5.97 Å². The fourth-order valence-electron chi connectivity index (χ4n) is 2.82. The van der Waals surface area contributed by atoms with Gasteiger partial charge in [0.15, 0.2) is 0 Å². The van der Waals surface area contributed by atoms with Crippen LogP contribution in [0.5, 0.6) is 0 Å². The third-order valence-corrected chi connectivity index (χ3v) is 4.81. The summed E-state index contributed by atoms with van der Waals surface area (Å²) in [6.07, 6.45) is 4.93. The van der Waals surface area contributed by atoms with Gasteiger partial charge in [-0.05, 0) is 25.8 Å². The molecular formula is C14H13NO4S. The summed E-state index contributed by atoms with van der Waals surface area (Å²) in [6.45, 7) is 1.76. The third kappa shape index (κ3) is 1.79. The number of nitrogens with zero attached hydrogens (tertiary/aromatic N) is 1. The minimum atomic E-state index is -1.11. The molecule has 2 amide bonds. The van der Waals surface area contributed by atoms with E-state index in [2.05, 4.69) is 0 Å². The third-order valence-electron chi connectivity index (χ3n) is 3.78. The molecule has 1 saturated heterocycles. The minimum absolute atomic E-state index is 0.0285. The van der Waals surface area contributed by atoms with Crippen LogP contribution in [0.15, 0.2) is 18.2 Å². The quantitative estimate of drug-likeness (QED) is 0.669. The van der Waals surface area contributed by atoms with Crippen molar-refractivity contribution >= 4 is 34.1 Å². The summed E-state index contributed by atoms with van der Waals surface area (Å²) in [4.78, 5) is 38.0. The number of allylic oxidation sites excluding steroid dienone is 2. The number of fused-ring (bicyclic) bond motifs is 1. The van der Waals surface area contributed by atoms with Gasteiger partial charge in [0.1, 0.15) is 5.00 Å². The van der Waals surface area contributed by atoms with Gasteiger partial charge < -0.3 is 5.11 Å². The molecule has 2 atom stereocenters. The Kier molecular flexibility index (Phi) is 2.97. The van der Waals surface area contributed by atoms with Crippen molar-refractivity contribution < 1.29 is 19.5 Å². The van der Waals surface area contributed by atoms with E-state index in [9.17, 15) is 19.5 Å². The molecule has 2 heterocycles. The Morgan fingerprint density at radius 2 is 1.80 bits per heavy atom. The van der Waals surface area contributed by atoms with E-state index in [1.54, 1.807) is 6.92 Å². The number of carbonyl (C=O) groups excluding carboxylic acids is 2. The Morgan fingerprint density at radius 1 is 1.25 bits per heavy atom. The molecule has 3 rings (SSSR count). The van der Waals surface area contributed by atoms with Gasteiger partial charge in [-0.3, -0.25) is 9.59 Å². The fourth-order valence-corrected chi connectivity index (χ4v) is 3.83. The molecule has 0 unspecified atom stereocenters. The normalized spacial score (nSPS) is 25.1. The van der Waals surface area contributed by atoms with Gasteiger partial charge in [-0.15, -0.1) is 11.3 Å². The number of amides is 2. The second-order valence-electron chi connectivity index (χ2n) is 5.05. The van der Waals surface area contributed by atoms with Crippen molar-refractivity contribution in [1.29, 1.82) is 0 Å². The Labute approximate surface area is 119 Å². The molecule has 5 nitrogen and oxygen atoms in total. The molecule has 1 aliphatic heterocycles. The zero-order valence-corrected chi connectivity index (χ0v) is 11.6. The highest BCUT2D eigenvalue weighted by atomic mass is 32.1. The first-order valence-electron chi connectivity index (χ1n) is 6.37. The first-order valence-corrected chi connectivity index (χ1v) is 7.19. The largest absolute Gasteiger partial charge is 0.478 e. The number of imide groups is 1. The van der Waals surface area contributed by atoms with Crippen LogP contribution in [0.2, 0.25) is 0 Å². The summed E-state index contributed by atoms with van der Waals surface area (Å²) in [6, 6.07) is 1.50. The Balaban J connectivity index is 2.05. The second-order valence-corrected chi connectivity index (χ2v) is 6.28. The number of carboxylic acid groups (broad SMARTS) is 1. The van der Waals surface area contributed by atoms with E-state index in [0.29, 0.717) is 12.8 Å². The summed E-state index contributed by atoms with van der Waals surface area (Å²) in [5.41, 5.74) is 0.0285. The lowest BCUT2D eigenvalue weighted by molar-refractivity contribution is -0.122. The topological polar surface area (TPSA) is 74.7 Å². The number of anilines is 1. The highest BCUT2D eigenvalue weighted by Crippen LogP contribution is 2.41. The zero-order valence-electron chi connectivity index (χ0n) is 10.8. The molecule has 6 heteroatoms. The first-order chi connectivity index (χ1) is 9.50. The van der Waals surface area contributed by atoms with Gasteiger partial charge in [0.2, 0.25) is 11.8 Å². The van der Waals surface area contributed by atoms with Gasteiger partial charge in [0.25, 0.3) is 0 Å². The van der Waals surface area contributed by atoms with Crippen LogP contribution < -0.4 is 4.90 Å². The molecule has 0 aromatic carbocycles. The number of hydrogen-bond donors (Lipinski definition) is 1. The number of carbonyl (C=O) groups is 3. The van der Waals surface area contributed by atoms with E-state index in [-0.39, 0.29) is 34.2 Å². The number of thiophene rings is 1. The molecule has 1 fully saturated rings. The van der Waals surface area contributed by atoms with Crippen molar-refractivity contribution in [1.82, 2.24) is 0 Å². The fraction of sp³-hybridized carbons (Fsp3) is 0.357. The van der Waals surface area contributed by atoms with Crippen LogP contribution in [0.1, 0.15) is 28.1 Å². The van der Waals surface area contributed by atoms with Crippen LogP contribution in [0.3, 0.4) is 0 Å². The summed E-state index contributed by atoms with van der Waals surface area (Å²) in [5.74, 6) is -2.33. The lowest BCUT2D eigenvalue weighted by Crippen LogP contribution is -2.31. The van der Waals surface area contributed by atoms with Gasteiger partial charge in [-0.2, -0.15) is 0 Å². The lowest BCUT2D eigenvalue weighted by Gasteiger charge is -2.14. The van der Waals surface area contributed by atoms with E-state index in [0.717, 1.165) is 9.78 Å². The predicted octanol–water partition coefficient (Wildman–Crippen LogP) is 2.21. The molecule has 0 spiro atoms. The molecular weight excluding hydrogens is 278 g/mol. The maximum absolute atomic E-state index is 12.4. The summed E-state index contributed by atoms with van der Waals surface area (Å²) < 4.78 is 0. The monoisotopic (exact) mass is 291 g/mol. The smallest absolute Gasteiger partial charge is 0.338 e. The van der Waals surface area contributed by atoms with Crippen LogP contribution in [-0.4, -0.2) is 22.9 Å². The molecule has 2 aliphatic rings. The van der Waals surface area contributed by atoms with Crippen LogP contribution in [0, 0.1) is 18.8 Å². The van der Waals surface area contributed by atoms with Crippen molar-refractivity contribution in [2.24, 2.45) is 11.8 Å². The van der Waals surface area contributed by atoms with Gasteiger partial charge in [-0.25, -0.2) is 9.69 Å². The number of aromatic carboxylic acids is 1. The Hall–Kier alpha value is -1.95. The number of carboxylic acids is 1. The standard InChI is InChI=1S/C14H13NO4S/c1-7-6-10(14(18)19)13(20-7)15-11(16)8-4-2-3-5-9(8)12(15)17/h2-3,6,8-9H,4-5H2,1H3,(H,18,19)/t8-,9+. The molecule has 20 heavy (non-hydrogen) atoms. The molecule has 104 valence electrons. The molecule has 1 aromatic rings. The molecule has 1 aromatic heterocycles. The predicted molar refractivity (Wildman–Crippen MR) is 73.9 cm³/mol. The molecule has 1 N–H and O–H groups in total. The minimum Gasteiger partial charge on any atom is -0.478 e. The maximum Gasteiger partial charge on any atom is 0.338 e. The average Bonchev–Trinajstić information content (AvgIpc) is 2.90. The van der Waals surface area contributed by atoms with Gasteiger partial charge in [0, 0.05) is 4.88 Å². The van der Waals surface area contributed by atoms with E-state index >= 15 is 0 Å². The van der Waals surface area contributed by atoms with Crippen LogP contribution >= 0.6 is 11.3 Å². The molecule has 1 aliphatic carbocycles. The SMILES string of the molecule is Cc1cc(C(=O)O)c(N2C(=O)[C@H]3CC=CC[C@H]3C2=O)s1. The Bertz CT molecular complexity index is 620. The van der Waals surface area contributed by atoms with Crippen LogP contribution in [0.4, 0.5) is 5.00 Å². The van der Waals surface area contributed by atoms with E-state index in [4.69, 9.17) is 0 Å². The Morgan fingerprint density at radius 3 is 2.30 bits per heavy atom. The zero-order chi connectivity index (χ0) is 14.4. The summed E-state index contributed by atoms with van der Waals surface area (Å²) >= 11 is 1.18. The van der Waals surface area contributed by atoms with Crippen LogP contribution in [0.25, 0.3) is 0 Å². The number of hydrogen-bond acceptors (Lipinski definition) is 4. The van der Waals surface area contributed by atoms with Crippen molar-refractivity contribution in [3.63, 3.8) is 0 Å². The number of rotatable bonds is 2. The van der Waals surface area contributed by atoms with Gasteiger partial charge in [0.05, 0.1) is 17.4 Å². The highest BCUT2D eigenvalue weighted by molar-refractivity contribution is 7.17. The van der Waals surface area contributed by atoms with Crippen molar-refractivity contribution in [2.45, 2.75) is 19.8 Å².